The number of esters is 1. The number of ether oxygens (including phenoxy) is 1. The molecule has 0 saturated heterocycles. The Balaban J connectivity index is 3.52. The van der Waals surface area contributed by atoms with Crippen molar-refractivity contribution in [2.24, 2.45) is 0 Å². The maximum absolute atomic E-state index is 12.5. The minimum atomic E-state index is -0.862. The highest BCUT2D eigenvalue weighted by molar-refractivity contribution is 5.76. The second kappa shape index (κ2) is 54.9. The van der Waals surface area contributed by atoms with Crippen molar-refractivity contribution < 1.29 is 24.5 Å². The minimum Gasteiger partial charge on any atom is -0.466 e. The molecule has 0 rings (SSSR count). The molecule has 0 aliphatic rings. The lowest BCUT2D eigenvalue weighted by molar-refractivity contribution is -0.143. The molecule has 384 valence electrons. The van der Waals surface area contributed by atoms with Crippen LogP contribution in [0, 0.1) is 0 Å². The van der Waals surface area contributed by atoms with Crippen molar-refractivity contribution in [2.45, 2.75) is 328 Å². The summed E-state index contributed by atoms with van der Waals surface area (Å²) in [4.78, 5) is 24.5. The standard InChI is InChI=1S/C59H113NO5/c1-3-5-7-9-11-13-15-17-18-19-20-21-22-23-24-25-28-31-35-39-43-47-51-57(62)56(55-61)60-58(63)52-48-44-40-36-32-29-26-30-34-38-42-46-50-54-65-59(64)53-49-45-41-37-33-27-16-14-12-10-8-6-4-2/h29,32,47,51,56-57,61-62H,3-28,30-31,33-46,48-50,52-55H2,1-2H3,(H,60,63)/b32-29-,51-47+. The Morgan fingerprint density at radius 2 is 0.723 bits per heavy atom. The number of rotatable bonds is 54. The molecule has 3 N–H and O–H groups in total. The molecule has 0 heterocycles. The van der Waals surface area contributed by atoms with Crippen LogP contribution < -0.4 is 5.32 Å². The lowest BCUT2D eigenvalue weighted by Gasteiger charge is -2.19. The van der Waals surface area contributed by atoms with Crippen LogP contribution in [0.5, 0.6) is 0 Å². The number of carbonyl (C=O) groups excluding carboxylic acids is 2. The molecule has 1 amide bonds. The lowest BCUT2D eigenvalue weighted by Crippen LogP contribution is -2.45. The van der Waals surface area contributed by atoms with Crippen LogP contribution in [-0.2, 0) is 14.3 Å². The van der Waals surface area contributed by atoms with Gasteiger partial charge in [-0.3, -0.25) is 9.59 Å². The first-order valence-corrected chi connectivity index (χ1v) is 29.1. The van der Waals surface area contributed by atoms with Gasteiger partial charge in [0.2, 0.25) is 5.91 Å². The Morgan fingerprint density at radius 3 is 1.11 bits per heavy atom. The Morgan fingerprint density at radius 1 is 0.415 bits per heavy atom. The second-order valence-electron chi connectivity index (χ2n) is 20.0. The van der Waals surface area contributed by atoms with Crippen LogP contribution >= 0.6 is 0 Å². The summed E-state index contributed by atoms with van der Waals surface area (Å²) in [7, 11) is 0. The first-order valence-electron chi connectivity index (χ1n) is 29.1. The van der Waals surface area contributed by atoms with Crippen LogP contribution in [0.4, 0.5) is 0 Å². The Bertz CT molecular complexity index is 1010. The van der Waals surface area contributed by atoms with E-state index < -0.39 is 12.1 Å². The van der Waals surface area contributed by atoms with E-state index in [0.717, 1.165) is 70.6 Å². The van der Waals surface area contributed by atoms with Crippen LogP contribution in [-0.4, -0.2) is 47.4 Å². The Hall–Kier alpha value is -1.66. The van der Waals surface area contributed by atoms with E-state index in [1.807, 2.05) is 6.08 Å². The van der Waals surface area contributed by atoms with Crippen LogP contribution in [0.1, 0.15) is 316 Å². The molecule has 6 nitrogen and oxygen atoms in total. The summed E-state index contributed by atoms with van der Waals surface area (Å²) in [5, 5.41) is 23.1. The van der Waals surface area contributed by atoms with E-state index >= 15 is 0 Å². The third-order valence-electron chi connectivity index (χ3n) is 13.5. The monoisotopic (exact) mass is 916 g/mol. The SMILES string of the molecule is CCCCCCCCCCCCCCCCCCCCCC/C=C/C(O)C(CO)NC(=O)CCCCC/C=C\CCCCCCCCOC(=O)CCCCCCCCCCCCCCC. The summed E-state index contributed by atoms with van der Waals surface area (Å²) in [6, 6.07) is -0.648. The third-order valence-corrected chi connectivity index (χ3v) is 13.5. The van der Waals surface area contributed by atoms with E-state index in [1.54, 1.807) is 6.08 Å². The van der Waals surface area contributed by atoms with E-state index in [2.05, 4.69) is 31.3 Å². The fourth-order valence-corrected chi connectivity index (χ4v) is 8.98. The molecule has 0 fully saturated rings. The molecule has 0 radical (unpaired) electrons. The Labute approximate surface area is 405 Å². The van der Waals surface area contributed by atoms with Crippen LogP contribution in [0.2, 0.25) is 0 Å². The van der Waals surface area contributed by atoms with E-state index in [1.165, 1.54) is 218 Å². The van der Waals surface area contributed by atoms with E-state index in [9.17, 15) is 19.8 Å². The van der Waals surface area contributed by atoms with Crippen molar-refractivity contribution >= 4 is 11.9 Å². The summed E-state index contributed by atoms with van der Waals surface area (Å²) in [6.07, 6.45) is 66.3. The first-order chi connectivity index (χ1) is 32.0. The molecule has 2 unspecified atom stereocenters. The van der Waals surface area contributed by atoms with Gasteiger partial charge in [-0.25, -0.2) is 0 Å². The molecular weight excluding hydrogens is 803 g/mol. The van der Waals surface area contributed by atoms with Crippen LogP contribution in [0.15, 0.2) is 24.3 Å². The van der Waals surface area contributed by atoms with Gasteiger partial charge in [-0.1, -0.05) is 269 Å². The summed E-state index contributed by atoms with van der Waals surface area (Å²) < 4.78 is 5.46. The highest BCUT2D eigenvalue weighted by atomic mass is 16.5. The highest BCUT2D eigenvalue weighted by Crippen LogP contribution is 2.17. The summed E-state index contributed by atoms with van der Waals surface area (Å²) in [6.45, 7) is 4.88. The van der Waals surface area contributed by atoms with E-state index in [4.69, 9.17) is 4.74 Å². The summed E-state index contributed by atoms with van der Waals surface area (Å²) in [5.41, 5.74) is 0. The fraction of sp³-hybridized carbons (Fsp3) is 0.898. The van der Waals surface area contributed by atoms with E-state index in [0.29, 0.717) is 19.4 Å². The summed E-state index contributed by atoms with van der Waals surface area (Å²) >= 11 is 0. The van der Waals surface area contributed by atoms with Gasteiger partial charge in [0.05, 0.1) is 25.4 Å². The van der Waals surface area contributed by atoms with Gasteiger partial charge < -0.3 is 20.3 Å². The maximum atomic E-state index is 12.5. The van der Waals surface area contributed by atoms with Gasteiger partial charge in [-0.2, -0.15) is 0 Å². The van der Waals surface area contributed by atoms with Crippen molar-refractivity contribution in [3.8, 4) is 0 Å². The average molecular weight is 917 g/mol. The smallest absolute Gasteiger partial charge is 0.305 e. The molecule has 0 spiro atoms. The molecule has 0 aromatic carbocycles. The van der Waals surface area contributed by atoms with Gasteiger partial charge in [0.1, 0.15) is 0 Å². The summed E-state index contributed by atoms with van der Waals surface area (Å²) in [5.74, 6) is -0.107. The number of aliphatic hydroxyl groups excluding tert-OH is 2. The highest BCUT2D eigenvalue weighted by Gasteiger charge is 2.18. The molecule has 0 aliphatic heterocycles. The van der Waals surface area contributed by atoms with Crippen molar-refractivity contribution in [3.63, 3.8) is 0 Å². The quantitative estimate of drug-likeness (QED) is 0.0321. The predicted molar refractivity (Wildman–Crippen MR) is 283 cm³/mol. The topological polar surface area (TPSA) is 95.9 Å². The van der Waals surface area contributed by atoms with Crippen LogP contribution in [0.25, 0.3) is 0 Å². The molecule has 0 aliphatic carbocycles. The zero-order valence-electron chi connectivity index (χ0n) is 43.7. The lowest BCUT2D eigenvalue weighted by atomic mass is 10.0. The fourth-order valence-electron chi connectivity index (χ4n) is 8.98. The number of hydrogen-bond donors (Lipinski definition) is 3. The molecule has 2 atom stereocenters. The molecule has 65 heavy (non-hydrogen) atoms. The van der Waals surface area contributed by atoms with Crippen molar-refractivity contribution in [1.82, 2.24) is 5.32 Å². The Kier molecular flexibility index (Phi) is 53.5. The number of hydrogen-bond acceptors (Lipinski definition) is 5. The largest absolute Gasteiger partial charge is 0.466 e. The molecule has 0 aromatic rings. The van der Waals surface area contributed by atoms with Gasteiger partial charge in [-0.05, 0) is 57.8 Å². The molecular formula is C59H113NO5. The average Bonchev–Trinajstić information content (AvgIpc) is 3.31. The maximum Gasteiger partial charge on any atom is 0.305 e. The van der Waals surface area contributed by atoms with Gasteiger partial charge in [0, 0.05) is 12.8 Å². The van der Waals surface area contributed by atoms with E-state index in [-0.39, 0.29) is 18.5 Å². The molecule has 0 aromatic heterocycles. The number of unbranched alkanes of at least 4 members (excludes halogenated alkanes) is 41. The molecule has 0 bridgehead atoms. The van der Waals surface area contributed by atoms with Crippen molar-refractivity contribution in [2.75, 3.05) is 13.2 Å². The van der Waals surface area contributed by atoms with Gasteiger partial charge >= 0.3 is 5.97 Å². The zero-order valence-corrected chi connectivity index (χ0v) is 43.7. The van der Waals surface area contributed by atoms with Gasteiger partial charge in [-0.15, -0.1) is 0 Å². The second-order valence-corrected chi connectivity index (χ2v) is 20.0. The van der Waals surface area contributed by atoms with Crippen LogP contribution in [0.3, 0.4) is 0 Å². The number of amides is 1. The minimum absolute atomic E-state index is 0.0120. The first kappa shape index (κ1) is 63.3. The molecule has 0 saturated carbocycles. The van der Waals surface area contributed by atoms with Crippen molar-refractivity contribution in [1.29, 1.82) is 0 Å². The predicted octanol–water partition coefficient (Wildman–Crippen LogP) is 17.9. The number of aliphatic hydroxyl groups is 2. The number of nitrogens with one attached hydrogen (secondary N) is 1. The number of allylic oxidation sites excluding steroid dienone is 3. The zero-order chi connectivity index (χ0) is 47.2. The third kappa shape index (κ3) is 51.6. The van der Waals surface area contributed by atoms with Crippen molar-refractivity contribution in [3.05, 3.63) is 24.3 Å². The normalized spacial score (nSPS) is 12.7. The molecule has 6 heteroatoms. The van der Waals surface area contributed by atoms with Gasteiger partial charge in [0.25, 0.3) is 0 Å². The van der Waals surface area contributed by atoms with Gasteiger partial charge in [0.15, 0.2) is 0 Å². The number of carbonyl (C=O) groups is 2.